The molecular formula is C18H23O6PS. The van der Waals surface area contributed by atoms with Gasteiger partial charge in [-0.15, -0.1) is 0 Å². The molecule has 2 aromatic rings. The number of benzene rings is 2. The molecule has 0 aliphatic carbocycles. The molecule has 0 heterocycles. The van der Waals surface area contributed by atoms with Crippen LogP contribution in [0.4, 0.5) is 0 Å². The molecule has 6 nitrogen and oxygen atoms in total. The van der Waals surface area contributed by atoms with Gasteiger partial charge in [-0.1, -0.05) is 35.9 Å². The zero-order chi connectivity index (χ0) is 19.2. The highest BCUT2D eigenvalue weighted by atomic mass is 32.2. The van der Waals surface area contributed by atoms with Crippen LogP contribution in [0.2, 0.25) is 0 Å². The molecule has 0 aliphatic heterocycles. The fourth-order valence-corrected chi connectivity index (χ4v) is 5.00. The summed E-state index contributed by atoms with van der Waals surface area (Å²) in [5.41, 5.74) is 1.38. The molecule has 2 rings (SSSR count). The van der Waals surface area contributed by atoms with Crippen LogP contribution in [0, 0.1) is 6.92 Å². The van der Waals surface area contributed by atoms with Crippen molar-refractivity contribution in [2.75, 3.05) is 13.2 Å². The second kappa shape index (κ2) is 8.82. The average molecular weight is 398 g/mol. The van der Waals surface area contributed by atoms with Crippen molar-refractivity contribution in [2.24, 2.45) is 0 Å². The van der Waals surface area contributed by atoms with Gasteiger partial charge in [0, 0.05) is 5.56 Å². The van der Waals surface area contributed by atoms with Gasteiger partial charge in [0.15, 0.2) is 0 Å². The molecule has 2 aromatic carbocycles. The zero-order valence-corrected chi connectivity index (χ0v) is 16.8. The molecule has 0 unspecified atom stereocenters. The quantitative estimate of drug-likeness (QED) is 0.456. The third-order valence-corrected chi connectivity index (χ3v) is 6.78. The van der Waals surface area contributed by atoms with E-state index in [1.165, 1.54) is 18.2 Å². The van der Waals surface area contributed by atoms with Crippen LogP contribution in [0.3, 0.4) is 0 Å². The predicted molar refractivity (Wildman–Crippen MR) is 100.0 cm³/mol. The van der Waals surface area contributed by atoms with Gasteiger partial charge in [0.1, 0.15) is 10.6 Å². The van der Waals surface area contributed by atoms with Crippen LogP contribution < -0.4 is 4.18 Å². The van der Waals surface area contributed by atoms with Gasteiger partial charge in [-0.2, -0.15) is 8.42 Å². The molecule has 0 N–H and O–H groups in total. The molecule has 0 spiro atoms. The van der Waals surface area contributed by atoms with Gasteiger partial charge < -0.3 is 13.2 Å². The summed E-state index contributed by atoms with van der Waals surface area (Å²) in [7, 11) is -7.39. The van der Waals surface area contributed by atoms with Crippen molar-refractivity contribution in [1.82, 2.24) is 0 Å². The van der Waals surface area contributed by atoms with Crippen LogP contribution in [0.15, 0.2) is 53.4 Å². The summed E-state index contributed by atoms with van der Waals surface area (Å²) in [6.07, 6.45) is -0.0751. The van der Waals surface area contributed by atoms with Gasteiger partial charge in [-0.05, 0) is 39.0 Å². The Labute approximate surface area is 154 Å². The Bertz CT molecular complexity index is 867. The average Bonchev–Trinajstić information content (AvgIpc) is 2.57. The Morgan fingerprint density at radius 1 is 0.923 bits per heavy atom. The Morgan fingerprint density at radius 3 is 2.08 bits per heavy atom. The van der Waals surface area contributed by atoms with E-state index >= 15 is 0 Å². The summed E-state index contributed by atoms with van der Waals surface area (Å²) in [5.74, 6) is 0.104. The van der Waals surface area contributed by atoms with Crippen LogP contribution in [-0.4, -0.2) is 21.6 Å². The predicted octanol–water partition coefficient (Wildman–Crippen LogP) is 4.53. The fourth-order valence-electron chi connectivity index (χ4n) is 2.32. The number of hydrogen-bond acceptors (Lipinski definition) is 6. The number of rotatable bonds is 9. The molecule has 0 amide bonds. The van der Waals surface area contributed by atoms with Crippen molar-refractivity contribution >= 4 is 17.7 Å². The number of aryl methyl sites for hydroxylation is 1. The van der Waals surface area contributed by atoms with Gasteiger partial charge in [0.2, 0.25) is 0 Å². The first kappa shape index (κ1) is 20.6. The second-order valence-electron chi connectivity index (χ2n) is 5.56. The Balaban J connectivity index is 2.31. The molecule has 0 aromatic heterocycles. The minimum atomic E-state index is -4.00. The first-order valence-electron chi connectivity index (χ1n) is 8.27. The van der Waals surface area contributed by atoms with Crippen molar-refractivity contribution in [3.8, 4) is 5.75 Å². The number of hydrogen-bond donors (Lipinski definition) is 0. The molecule has 8 heteroatoms. The third kappa shape index (κ3) is 5.42. The van der Waals surface area contributed by atoms with Crippen LogP contribution in [-0.2, 0) is 29.9 Å². The van der Waals surface area contributed by atoms with E-state index in [0.717, 1.165) is 5.56 Å². The largest absolute Gasteiger partial charge is 0.379 e. The van der Waals surface area contributed by atoms with Crippen molar-refractivity contribution in [2.45, 2.75) is 31.8 Å². The second-order valence-corrected chi connectivity index (χ2v) is 9.16. The van der Waals surface area contributed by atoms with Gasteiger partial charge in [-0.25, -0.2) is 0 Å². The van der Waals surface area contributed by atoms with Crippen molar-refractivity contribution in [3.63, 3.8) is 0 Å². The highest BCUT2D eigenvalue weighted by molar-refractivity contribution is 7.87. The molecule has 0 atom stereocenters. The molecule has 26 heavy (non-hydrogen) atoms. The summed E-state index contributed by atoms with van der Waals surface area (Å²) in [6.45, 7) is 5.75. The van der Waals surface area contributed by atoms with E-state index in [4.69, 9.17) is 13.2 Å². The molecule has 142 valence electrons. The monoisotopic (exact) mass is 398 g/mol. The van der Waals surface area contributed by atoms with E-state index in [0.29, 0.717) is 5.56 Å². The maximum atomic E-state index is 12.8. The summed E-state index contributed by atoms with van der Waals surface area (Å²) in [4.78, 5) is 0.0516. The van der Waals surface area contributed by atoms with E-state index in [2.05, 4.69) is 0 Å². The Kier molecular flexibility index (Phi) is 7.01. The molecule has 0 saturated heterocycles. The summed E-state index contributed by atoms with van der Waals surface area (Å²) in [5, 5.41) is 0. The summed E-state index contributed by atoms with van der Waals surface area (Å²) < 4.78 is 53.7. The van der Waals surface area contributed by atoms with E-state index in [1.54, 1.807) is 44.2 Å². The highest BCUT2D eigenvalue weighted by Gasteiger charge is 2.27. The van der Waals surface area contributed by atoms with Crippen molar-refractivity contribution in [3.05, 3.63) is 59.7 Å². The minimum Gasteiger partial charge on any atom is -0.379 e. The first-order valence-corrected chi connectivity index (χ1v) is 11.4. The smallest absolute Gasteiger partial charge is 0.339 e. The summed E-state index contributed by atoms with van der Waals surface area (Å²) in [6, 6.07) is 12.9. The lowest BCUT2D eigenvalue weighted by Crippen LogP contribution is -2.11. The highest BCUT2D eigenvalue weighted by Crippen LogP contribution is 2.52. The van der Waals surface area contributed by atoms with Gasteiger partial charge in [0.05, 0.1) is 19.4 Å². The standard InChI is InChI=1S/C18H23O6PS/c1-4-22-25(19,23-5-2)14-16-8-6-7-9-18(16)24-26(20,21)17-12-10-15(3)11-13-17/h6-13H,4-5,14H2,1-3H3. The lowest BCUT2D eigenvalue weighted by molar-refractivity contribution is 0.219. The van der Waals surface area contributed by atoms with Gasteiger partial charge >= 0.3 is 17.7 Å². The molecule has 0 bridgehead atoms. The van der Waals surface area contributed by atoms with Crippen LogP contribution in [0.25, 0.3) is 0 Å². The van der Waals surface area contributed by atoms with E-state index in [-0.39, 0.29) is 30.0 Å². The van der Waals surface area contributed by atoms with Gasteiger partial charge in [-0.3, -0.25) is 4.57 Å². The summed E-state index contributed by atoms with van der Waals surface area (Å²) >= 11 is 0. The van der Waals surface area contributed by atoms with Crippen LogP contribution in [0.1, 0.15) is 25.0 Å². The minimum absolute atomic E-state index is 0.0516. The fraction of sp³-hybridized carbons (Fsp3) is 0.333. The van der Waals surface area contributed by atoms with Crippen molar-refractivity contribution in [1.29, 1.82) is 0 Å². The zero-order valence-electron chi connectivity index (χ0n) is 15.0. The van der Waals surface area contributed by atoms with E-state index in [1.807, 2.05) is 6.92 Å². The van der Waals surface area contributed by atoms with E-state index in [9.17, 15) is 13.0 Å². The Hall–Kier alpha value is -1.66. The third-order valence-electron chi connectivity index (χ3n) is 3.50. The van der Waals surface area contributed by atoms with Crippen LogP contribution >= 0.6 is 7.60 Å². The van der Waals surface area contributed by atoms with Crippen molar-refractivity contribution < 1.29 is 26.2 Å². The SMILES string of the molecule is CCOP(=O)(Cc1ccccc1OS(=O)(=O)c1ccc(C)cc1)OCC. The lowest BCUT2D eigenvalue weighted by atomic mass is 10.2. The topological polar surface area (TPSA) is 78.9 Å². The van der Waals surface area contributed by atoms with E-state index < -0.39 is 17.7 Å². The van der Waals surface area contributed by atoms with Crippen LogP contribution in [0.5, 0.6) is 5.75 Å². The Morgan fingerprint density at radius 2 is 1.50 bits per heavy atom. The number of para-hydroxylation sites is 1. The molecule has 0 saturated carbocycles. The molecular weight excluding hydrogens is 375 g/mol. The maximum Gasteiger partial charge on any atom is 0.339 e. The normalized spacial score (nSPS) is 12.1. The first-order chi connectivity index (χ1) is 12.3. The molecule has 0 aliphatic rings. The molecule has 0 radical (unpaired) electrons. The molecule has 0 fully saturated rings. The maximum absolute atomic E-state index is 12.8. The lowest BCUT2D eigenvalue weighted by Gasteiger charge is -2.18. The van der Waals surface area contributed by atoms with Gasteiger partial charge in [0.25, 0.3) is 0 Å².